The number of nitrogens with two attached hydrogens (primary N) is 1. The summed E-state index contributed by atoms with van der Waals surface area (Å²) in [5.41, 5.74) is 4.18. The molecule has 2 rings (SSSR count). The summed E-state index contributed by atoms with van der Waals surface area (Å²) in [6.07, 6.45) is 4.22. The molecule has 0 aliphatic carbocycles. The van der Waals surface area contributed by atoms with E-state index in [-0.39, 0.29) is 11.9 Å². The largest absolute Gasteiger partial charge is 0.276 e. The summed E-state index contributed by atoms with van der Waals surface area (Å²) in [7, 11) is 1.84. The Morgan fingerprint density at radius 1 is 1.56 bits per heavy atom. The van der Waals surface area contributed by atoms with E-state index in [0.717, 1.165) is 10.0 Å². The quantitative estimate of drug-likeness (QED) is 0.671. The van der Waals surface area contributed by atoms with E-state index in [1.165, 1.54) is 6.07 Å². The summed E-state index contributed by atoms with van der Waals surface area (Å²) in [5.74, 6) is 5.25. The van der Waals surface area contributed by atoms with Gasteiger partial charge >= 0.3 is 0 Å². The summed E-state index contributed by atoms with van der Waals surface area (Å²) in [6, 6.07) is 4.53. The topological polar surface area (TPSA) is 55.9 Å². The van der Waals surface area contributed by atoms with Crippen LogP contribution in [0, 0.1) is 5.82 Å². The second kappa shape index (κ2) is 5.60. The van der Waals surface area contributed by atoms with E-state index in [9.17, 15) is 4.39 Å². The predicted octanol–water partition coefficient (Wildman–Crippen LogP) is 2.07. The average Bonchev–Trinajstić information content (AvgIpc) is 2.75. The van der Waals surface area contributed by atoms with Crippen molar-refractivity contribution in [1.29, 1.82) is 0 Å². The molecule has 1 atom stereocenters. The zero-order chi connectivity index (χ0) is 13.1. The average molecular weight is 313 g/mol. The van der Waals surface area contributed by atoms with Gasteiger partial charge in [-0.1, -0.05) is 15.9 Å². The van der Waals surface area contributed by atoms with Crippen molar-refractivity contribution in [2.75, 3.05) is 0 Å². The molecule has 1 heterocycles. The van der Waals surface area contributed by atoms with Crippen molar-refractivity contribution in [3.63, 3.8) is 0 Å². The van der Waals surface area contributed by atoms with Crippen molar-refractivity contribution in [1.82, 2.24) is 15.2 Å². The fourth-order valence-corrected chi connectivity index (χ4v) is 2.23. The number of aromatic nitrogens is 2. The Kier molecular flexibility index (Phi) is 4.11. The molecule has 0 bridgehead atoms. The first-order valence-corrected chi connectivity index (χ1v) is 6.28. The lowest BCUT2D eigenvalue weighted by Gasteiger charge is -2.16. The standard InChI is InChI=1S/C12H14BrFN4/c1-18-7-8(6-16-18)4-12(17-15)10-5-9(13)2-3-11(10)14/h2-3,5-7,12,17H,4,15H2,1H3. The van der Waals surface area contributed by atoms with E-state index >= 15 is 0 Å². The lowest BCUT2D eigenvalue weighted by atomic mass is 10.0. The summed E-state index contributed by atoms with van der Waals surface area (Å²) in [6.45, 7) is 0. The normalized spacial score (nSPS) is 12.7. The Hall–Kier alpha value is -1.24. The molecular formula is C12H14BrFN4. The van der Waals surface area contributed by atoms with E-state index in [2.05, 4.69) is 26.5 Å². The van der Waals surface area contributed by atoms with Gasteiger partial charge in [-0.2, -0.15) is 5.10 Å². The number of hydrazine groups is 1. The first-order valence-electron chi connectivity index (χ1n) is 5.48. The van der Waals surface area contributed by atoms with Crippen LogP contribution in [0.1, 0.15) is 17.2 Å². The molecular weight excluding hydrogens is 299 g/mol. The molecule has 2 aromatic rings. The molecule has 1 aromatic carbocycles. The minimum Gasteiger partial charge on any atom is -0.276 e. The van der Waals surface area contributed by atoms with E-state index in [4.69, 9.17) is 5.84 Å². The molecule has 18 heavy (non-hydrogen) atoms. The van der Waals surface area contributed by atoms with Gasteiger partial charge in [-0.15, -0.1) is 0 Å². The monoisotopic (exact) mass is 312 g/mol. The Labute approximate surface area is 113 Å². The number of nitrogens with zero attached hydrogens (tertiary/aromatic N) is 2. The molecule has 96 valence electrons. The maximum atomic E-state index is 13.8. The van der Waals surface area contributed by atoms with Gasteiger partial charge in [0.05, 0.1) is 12.2 Å². The van der Waals surface area contributed by atoms with Gasteiger partial charge in [-0.05, 0) is 30.2 Å². The molecule has 0 fully saturated rings. The fourth-order valence-electron chi connectivity index (χ4n) is 1.85. The predicted molar refractivity (Wildman–Crippen MR) is 71.1 cm³/mol. The summed E-state index contributed by atoms with van der Waals surface area (Å²) >= 11 is 3.33. The number of aryl methyl sites for hydroxylation is 1. The third kappa shape index (κ3) is 2.95. The lowest BCUT2D eigenvalue weighted by Crippen LogP contribution is -2.30. The molecule has 3 N–H and O–H groups in total. The highest BCUT2D eigenvalue weighted by Gasteiger charge is 2.16. The van der Waals surface area contributed by atoms with Crippen LogP contribution >= 0.6 is 15.9 Å². The molecule has 0 radical (unpaired) electrons. The highest BCUT2D eigenvalue weighted by Crippen LogP contribution is 2.24. The maximum Gasteiger partial charge on any atom is 0.128 e. The van der Waals surface area contributed by atoms with Crippen molar-refractivity contribution in [3.05, 3.63) is 52.0 Å². The zero-order valence-corrected chi connectivity index (χ0v) is 11.5. The van der Waals surface area contributed by atoms with Gasteiger partial charge in [0.2, 0.25) is 0 Å². The summed E-state index contributed by atoms with van der Waals surface area (Å²) in [5, 5.41) is 4.08. The number of hydrogen-bond acceptors (Lipinski definition) is 3. The Morgan fingerprint density at radius 2 is 2.33 bits per heavy atom. The molecule has 6 heteroatoms. The number of rotatable bonds is 4. The van der Waals surface area contributed by atoms with Crippen molar-refractivity contribution in [2.45, 2.75) is 12.5 Å². The van der Waals surface area contributed by atoms with E-state index < -0.39 is 0 Å². The fraction of sp³-hybridized carbons (Fsp3) is 0.250. The second-order valence-corrected chi connectivity index (χ2v) is 5.03. The maximum absolute atomic E-state index is 13.8. The van der Waals surface area contributed by atoms with Gasteiger partial charge in [-0.3, -0.25) is 16.0 Å². The molecule has 1 aromatic heterocycles. The minimum absolute atomic E-state index is 0.273. The number of halogens is 2. The smallest absolute Gasteiger partial charge is 0.128 e. The molecule has 0 aliphatic rings. The van der Waals surface area contributed by atoms with Crippen molar-refractivity contribution in [2.24, 2.45) is 12.9 Å². The van der Waals surface area contributed by atoms with Crippen molar-refractivity contribution < 1.29 is 4.39 Å². The molecule has 0 saturated carbocycles. The Bertz CT molecular complexity index is 541. The van der Waals surface area contributed by atoms with Crippen molar-refractivity contribution in [3.8, 4) is 0 Å². The van der Waals surface area contributed by atoms with Gasteiger partial charge in [0.25, 0.3) is 0 Å². The van der Waals surface area contributed by atoms with Crippen LogP contribution in [0.3, 0.4) is 0 Å². The first kappa shape index (κ1) is 13.2. The second-order valence-electron chi connectivity index (χ2n) is 4.11. The molecule has 0 aliphatic heterocycles. The van der Waals surface area contributed by atoms with Gasteiger partial charge in [0.1, 0.15) is 5.82 Å². The zero-order valence-electron chi connectivity index (χ0n) is 9.90. The number of hydrogen-bond donors (Lipinski definition) is 2. The Balaban J connectivity index is 2.25. The highest BCUT2D eigenvalue weighted by molar-refractivity contribution is 9.10. The summed E-state index contributed by atoms with van der Waals surface area (Å²) < 4.78 is 16.3. The van der Waals surface area contributed by atoms with Crippen LogP contribution in [0.2, 0.25) is 0 Å². The van der Waals surface area contributed by atoms with Crippen LogP contribution in [0.25, 0.3) is 0 Å². The van der Waals surface area contributed by atoms with Crippen LogP contribution in [0.4, 0.5) is 4.39 Å². The lowest BCUT2D eigenvalue weighted by molar-refractivity contribution is 0.510. The van der Waals surface area contributed by atoms with E-state index in [0.29, 0.717) is 12.0 Å². The van der Waals surface area contributed by atoms with Crippen LogP contribution < -0.4 is 11.3 Å². The third-order valence-electron chi connectivity index (χ3n) is 2.73. The van der Waals surface area contributed by atoms with E-state index in [1.807, 2.05) is 13.2 Å². The number of benzene rings is 1. The van der Waals surface area contributed by atoms with Gasteiger partial charge in [0.15, 0.2) is 0 Å². The molecule has 0 amide bonds. The SMILES string of the molecule is Cn1cc(CC(NN)c2cc(Br)ccc2F)cn1. The first-order chi connectivity index (χ1) is 8.60. The third-order valence-corrected chi connectivity index (χ3v) is 3.23. The number of nitrogens with one attached hydrogen (secondary N) is 1. The molecule has 0 spiro atoms. The van der Waals surface area contributed by atoms with Crippen LogP contribution in [0.15, 0.2) is 35.1 Å². The Morgan fingerprint density at radius 3 is 2.94 bits per heavy atom. The minimum atomic E-state index is -0.285. The van der Waals surface area contributed by atoms with Gasteiger partial charge < -0.3 is 0 Å². The van der Waals surface area contributed by atoms with Crippen LogP contribution in [-0.4, -0.2) is 9.78 Å². The van der Waals surface area contributed by atoms with Gasteiger partial charge in [-0.25, -0.2) is 4.39 Å². The van der Waals surface area contributed by atoms with Gasteiger partial charge in [0, 0.05) is 23.3 Å². The highest BCUT2D eigenvalue weighted by atomic mass is 79.9. The van der Waals surface area contributed by atoms with Crippen molar-refractivity contribution >= 4 is 15.9 Å². The molecule has 1 unspecified atom stereocenters. The molecule has 0 saturated heterocycles. The van der Waals surface area contributed by atoms with E-state index in [1.54, 1.807) is 23.0 Å². The summed E-state index contributed by atoms with van der Waals surface area (Å²) in [4.78, 5) is 0. The van der Waals surface area contributed by atoms with Crippen LogP contribution in [0.5, 0.6) is 0 Å². The molecule has 4 nitrogen and oxygen atoms in total. The van der Waals surface area contributed by atoms with Crippen LogP contribution in [-0.2, 0) is 13.5 Å².